The molecule has 2 aromatic heterocycles. The molecular weight excluding hydrogens is 364 g/mol. The Hall–Kier alpha value is -2.78. The molecule has 2 unspecified atom stereocenters. The van der Waals surface area contributed by atoms with Gasteiger partial charge in [0.2, 0.25) is 5.13 Å². The molecule has 27 heavy (non-hydrogen) atoms. The number of ether oxygens (including phenoxy) is 1. The largest absolute Gasteiger partial charge is 0.367 e. The van der Waals surface area contributed by atoms with Gasteiger partial charge in [0, 0.05) is 26.0 Å². The summed E-state index contributed by atoms with van der Waals surface area (Å²) in [5.74, 6) is 0.720. The van der Waals surface area contributed by atoms with E-state index < -0.39 is 0 Å². The zero-order chi connectivity index (χ0) is 18.8. The molecule has 0 bridgehead atoms. The Morgan fingerprint density at radius 1 is 1.26 bits per heavy atom. The smallest absolute Gasteiger partial charge is 0.323 e. The Morgan fingerprint density at radius 2 is 2.07 bits per heavy atom. The second kappa shape index (κ2) is 7.45. The highest BCUT2D eigenvalue weighted by Crippen LogP contribution is 2.27. The second-order valence-electron chi connectivity index (χ2n) is 6.46. The number of imidazole rings is 1. The Bertz CT molecular complexity index is 925. The lowest BCUT2D eigenvalue weighted by Gasteiger charge is -2.36. The van der Waals surface area contributed by atoms with Gasteiger partial charge >= 0.3 is 6.03 Å². The minimum Gasteiger partial charge on any atom is -0.367 e. The van der Waals surface area contributed by atoms with E-state index in [1.165, 1.54) is 11.3 Å². The van der Waals surface area contributed by atoms with Gasteiger partial charge in [-0.3, -0.25) is 5.32 Å². The minimum atomic E-state index is -0.200. The summed E-state index contributed by atoms with van der Waals surface area (Å²) in [5, 5.41) is 12.2. The molecule has 1 fully saturated rings. The van der Waals surface area contributed by atoms with Crippen molar-refractivity contribution in [3.8, 4) is 10.8 Å². The number of aromatic nitrogens is 4. The molecule has 2 amide bonds. The van der Waals surface area contributed by atoms with Crippen molar-refractivity contribution >= 4 is 22.5 Å². The van der Waals surface area contributed by atoms with Crippen LogP contribution in [0.5, 0.6) is 0 Å². The summed E-state index contributed by atoms with van der Waals surface area (Å²) >= 11 is 1.30. The molecule has 1 aliphatic heterocycles. The van der Waals surface area contributed by atoms with Crippen LogP contribution in [0.4, 0.5) is 9.93 Å². The summed E-state index contributed by atoms with van der Waals surface area (Å²) in [4.78, 5) is 18.7. The van der Waals surface area contributed by atoms with Crippen LogP contribution in [0, 0.1) is 0 Å². The number of hydrogen-bond donors (Lipinski definition) is 1. The molecule has 0 radical (unpaired) electrons. The van der Waals surface area contributed by atoms with E-state index in [0.717, 1.165) is 11.4 Å². The van der Waals surface area contributed by atoms with Crippen LogP contribution in [-0.2, 0) is 11.8 Å². The average Bonchev–Trinajstić information content (AvgIpc) is 3.30. The first kappa shape index (κ1) is 17.6. The van der Waals surface area contributed by atoms with Gasteiger partial charge < -0.3 is 14.2 Å². The van der Waals surface area contributed by atoms with Crippen molar-refractivity contribution in [1.82, 2.24) is 24.6 Å². The Kier molecular flexibility index (Phi) is 4.87. The fraction of sp³-hybridized carbons (Fsp3) is 0.333. The number of carbonyl (C=O) groups excluding carboxylic acids is 1. The lowest BCUT2D eigenvalue weighted by molar-refractivity contribution is -0.0642. The summed E-state index contributed by atoms with van der Waals surface area (Å²) in [7, 11) is 1.89. The van der Waals surface area contributed by atoms with E-state index in [1.54, 1.807) is 11.1 Å². The third kappa shape index (κ3) is 3.83. The number of amides is 2. The van der Waals surface area contributed by atoms with Crippen LogP contribution in [-0.4, -0.2) is 49.9 Å². The van der Waals surface area contributed by atoms with Gasteiger partial charge in [0.1, 0.15) is 6.10 Å². The highest BCUT2D eigenvalue weighted by atomic mass is 32.1. The van der Waals surface area contributed by atoms with E-state index in [9.17, 15) is 4.79 Å². The number of nitrogens with one attached hydrogen (secondary N) is 1. The Labute approximate surface area is 160 Å². The molecule has 4 rings (SSSR count). The number of anilines is 1. The summed E-state index contributed by atoms with van der Waals surface area (Å²) < 4.78 is 7.87. The summed E-state index contributed by atoms with van der Waals surface area (Å²) in [6, 6.07) is 9.75. The third-order valence-corrected chi connectivity index (χ3v) is 5.20. The van der Waals surface area contributed by atoms with Gasteiger partial charge in [-0.15, -0.1) is 10.2 Å². The predicted octanol–water partition coefficient (Wildman–Crippen LogP) is 2.93. The fourth-order valence-electron chi connectivity index (χ4n) is 3.08. The maximum atomic E-state index is 12.7. The molecular formula is C18H20N6O2S. The Morgan fingerprint density at radius 3 is 2.81 bits per heavy atom. The van der Waals surface area contributed by atoms with Gasteiger partial charge in [-0.2, -0.15) is 0 Å². The van der Waals surface area contributed by atoms with Crippen LogP contribution in [0.3, 0.4) is 0 Å². The summed E-state index contributed by atoms with van der Waals surface area (Å²) in [6.07, 6.45) is 3.35. The van der Waals surface area contributed by atoms with Gasteiger partial charge in [-0.05, 0) is 12.5 Å². The maximum absolute atomic E-state index is 12.7. The third-order valence-electron chi connectivity index (χ3n) is 4.37. The molecule has 0 aliphatic carbocycles. The van der Waals surface area contributed by atoms with Crippen molar-refractivity contribution in [3.63, 3.8) is 0 Å². The molecule has 1 N–H and O–H groups in total. The topological polar surface area (TPSA) is 85.2 Å². The molecule has 1 aliphatic rings. The molecule has 3 heterocycles. The fourth-order valence-corrected chi connectivity index (χ4v) is 3.85. The average molecular weight is 384 g/mol. The molecule has 8 nitrogen and oxygen atoms in total. The molecule has 0 spiro atoms. The molecule has 1 aromatic carbocycles. The number of morpholine rings is 1. The molecule has 140 valence electrons. The number of benzene rings is 1. The van der Waals surface area contributed by atoms with Gasteiger partial charge in [0.05, 0.1) is 12.6 Å². The van der Waals surface area contributed by atoms with Crippen LogP contribution >= 0.6 is 11.3 Å². The van der Waals surface area contributed by atoms with Gasteiger partial charge in [-0.25, -0.2) is 9.78 Å². The zero-order valence-corrected chi connectivity index (χ0v) is 15.9. The first-order valence-electron chi connectivity index (χ1n) is 8.67. The molecule has 0 saturated carbocycles. The standard InChI is InChI=1S/C18H20N6O2S/c1-12-10-24(11-14(26-12)13-6-4-3-5-7-13)18(25)20-17-22-21-16(27-17)15-19-8-9-23(15)2/h3-9,12,14H,10-11H2,1-2H3,(H,20,22,25). The first-order valence-corrected chi connectivity index (χ1v) is 9.49. The molecule has 9 heteroatoms. The highest BCUT2D eigenvalue weighted by Gasteiger charge is 2.29. The van der Waals surface area contributed by atoms with Crippen LogP contribution in [0.1, 0.15) is 18.6 Å². The summed E-state index contributed by atoms with van der Waals surface area (Å²) in [6.45, 7) is 2.99. The van der Waals surface area contributed by atoms with Crippen molar-refractivity contribution in [3.05, 3.63) is 48.3 Å². The normalized spacial score (nSPS) is 19.9. The van der Waals surface area contributed by atoms with E-state index in [2.05, 4.69) is 20.5 Å². The maximum Gasteiger partial charge on any atom is 0.323 e. The second-order valence-corrected chi connectivity index (χ2v) is 7.43. The number of urea groups is 1. The predicted molar refractivity (Wildman–Crippen MR) is 102 cm³/mol. The zero-order valence-electron chi connectivity index (χ0n) is 15.1. The van der Waals surface area contributed by atoms with Crippen molar-refractivity contribution in [2.45, 2.75) is 19.1 Å². The van der Waals surface area contributed by atoms with E-state index in [4.69, 9.17) is 4.74 Å². The molecule has 3 aromatic rings. The van der Waals surface area contributed by atoms with Crippen LogP contribution in [0.2, 0.25) is 0 Å². The molecule has 2 atom stereocenters. The number of nitrogens with zero attached hydrogens (tertiary/aromatic N) is 5. The van der Waals surface area contributed by atoms with Crippen molar-refractivity contribution in [1.29, 1.82) is 0 Å². The first-order chi connectivity index (χ1) is 13.1. The highest BCUT2D eigenvalue weighted by molar-refractivity contribution is 7.18. The van der Waals surface area contributed by atoms with Gasteiger partial charge in [0.15, 0.2) is 10.8 Å². The quantitative estimate of drug-likeness (QED) is 0.750. The van der Waals surface area contributed by atoms with E-state index in [-0.39, 0.29) is 18.2 Å². The number of rotatable bonds is 3. The lowest BCUT2D eigenvalue weighted by Crippen LogP contribution is -2.47. The minimum absolute atomic E-state index is 0.0488. The van der Waals surface area contributed by atoms with E-state index >= 15 is 0 Å². The van der Waals surface area contributed by atoms with Crippen LogP contribution in [0.15, 0.2) is 42.7 Å². The van der Waals surface area contributed by atoms with Gasteiger partial charge in [-0.1, -0.05) is 41.7 Å². The monoisotopic (exact) mass is 384 g/mol. The Balaban J connectivity index is 1.45. The van der Waals surface area contributed by atoms with Gasteiger partial charge in [0.25, 0.3) is 0 Å². The SMILES string of the molecule is CC1CN(C(=O)Nc2nnc(-c3nccn3C)s2)CC(c2ccccc2)O1. The number of carbonyl (C=O) groups is 1. The van der Waals surface area contributed by atoms with Crippen LogP contribution < -0.4 is 5.32 Å². The van der Waals surface area contributed by atoms with Crippen LogP contribution in [0.25, 0.3) is 10.8 Å². The lowest BCUT2D eigenvalue weighted by atomic mass is 10.1. The van der Waals surface area contributed by atoms with E-state index in [1.807, 2.05) is 55.1 Å². The molecule has 1 saturated heterocycles. The van der Waals surface area contributed by atoms with Crippen molar-refractivity contribution < 1.29 is 9.53 Å². The summed E-state index contributed by atoms with van der Waals surface area (Å²) in [5.41, 5.74) is 1.06. The van der Waals surface area contributed by atoms with Crippen molar-refractivity contribution in [2.24, 2.45) is 7.05 Å². The van der Waals surface area contributed by atoms with Crippen molar-refractivity contribution in [2.75, 3.05) is 18.4 Å². The number of hydrogen-bond acceptors (Lipinski definition) is 6. The number of aryl methyl sites for hydroxylation is 1. The van der Waals surface area contributed by atoms with E-state index in [0.29, 0.717) is 23.2 Å².